The number of hydrogen-bond acceptors (Lipinski definition) is 2. The zero-order chi connectivity index (χ0) is 18.9. The summed E-state index contributed by atoms with van der Waals surface area (Å²) < 4.78 is 11.0. The zero-order valence-corrected chi connectivity index (χ0v) is 16.9. The predicted octanol–water partition coefficient (Wildman–Crippen LogP) is 4.38. The van der Waals surface area contributed by atoms with Gasteiger partial charge in [0.25, 0.3) is 0 Å². The molecular weight excluding hydrogens is 322 g/mol. The van der Waals surface area contributed by atoms with Gasteiger partial charge in [-0.25, -0.2) is 0 Å². The third-order valence-electron chi connectivity index (χ3n) is 4.71. The lowest BCUT2D eigenvalue weighted by atomic mass is 9.86. The van der Waals surface area contributed by atoms with Gasteiger partial charge in [0.05, 0.1) is 19.8 Å². The summed E-state index contributed by atoms with van der Waals surface area (Å²) in [6, 6.07) is 17.0. The Morgan fingerprint density at radius 1 is 0.846 bits per heavy atom. The number of ether oxygens (including phenoxy) is 2. The maximum absolute atomic E-state index is 5.76. The average Bonchev–Trinajstić information content (AvgIpc) is 2.62. The van der Waals surface area contributed by atoms with Gasteiger partial charge >= 0.3 is 0 Å². The Bertz CT molecular complexity index is 632. The number of benzene rings is 2. The monoisotopic (exact) mass is 356 g/mol. The summed E-state index contributed by atoms with van der Waals surface area (Å²) in [7, 11) is 1.70. The van der Waals surface area contributed by atoms with E-state index >= 15 is 0 Å². The quantitative estimate of drug-likeness (QED) is 0.641. The predicted molar refractivity (Wildman–Crippen MR) is 108 cm³/mol. The summed E-state index contributed by atoms with van der Waals surface area (Å²) in [4.78, 5) is 0. The molecule has 0 radical (unpaired) electrons. The lowest BCUT2D eigenvalue weighted by Gasteiger charge is -2.21. The molecule has 0 spiro atoms. The van der Waals surface area contributed by atoms with Crippen LogP contribution in [-0.4, -0.2) is 19.8 Å². The maximum atomic E-state index is 5.76. The maximum Gasteiger partial charge on any atom is 0.119 e. The fraction of sp³-hybridized carbons (Fsp3) is 0.478. The molecule has 2 aromatic carbocycles. The van der Waals surface area contributed by atoms with E-state index in [1.807, 2.05) is 12.1 Å². The molecule has 26 heavy (non-hydrogen) atoms. The molecule has 142 valence electrons. The Morgan fingerprint density at radius 3 is 2.00 bits per heavy atom. The third-order valence-corrected chi connectivity index (χ3v) is 4.71. The highest BCUT2D eigenvalue weighted by atomic mass is 16.5. The molecule has 0 heterocycles. The van der Waals surface area contributed by atoms with Crippen LogP contribution < -0.4 is 14.8 Å². The van der Waals surface area contributed by atoms with E-state index in [4.69, 9.17) is 9.47 Å². The third kappa shape index (κ3) is 6.38. The van der Waals surface area contributed by atoms with Crippen LogP contribution in [0.2, 0.25) is 0 Å². The summed E-state index contributed by atoms with van der Waals surface area (Å²) >= 11 is 0. The fourth-order valence-electron chi connectivity index (χ4n) is 3.28. The lowest BCUT2D eigenvalue weighted by molar-refractivity contribution is -0.671. The lowest BCUT2D eigenvalue weighted by Crippen LogP contribution is -2.82. The summed E-state index contributed by atoms with van der Waals surface area (Å²) in [5.41, 5.74) is 2.75. The SMILES string of the molecule is COc1ccc(C[NH2+]CC[C@H](c2ccc(OC(C)C)cc2)C(C)C)cc1. The van der Waals surface area contributed by atoms with Crippen molar-refractivity contribution in [1.29, 1.82) is 0 Å². The highest BCUT2D eigenvalue weighted by molar-refractivity contribution is 5.30. The van der Waals surface area contributed by atoms with Gasteiger partial charge in [0.1, 0.15) is 18.0 Å². The molecule has 0 fully saturated rings. The minimum Gasteiger partial charge on any atom is -0.497 e. The molecule has 0 saturated heterocycles. The van der Waals surface area contributed by atoms with Crippen LogP contribution in [0.15, 0.2) is 48.5 Å². The minimum atomic E-state index is 0.217. The Balaban J connectivity index is 1.85. The summed E-state index contributed by atoms with van der Waals surface area (Å²) in [6.45, 7) is 10.9. The molecule has 2 rings (SSSR count). The van der Waals surface area contributed by atoms with E-state index in [0.717, 1.165) is 24.6 Å². The van der Waals surface area contributed by atoms with E-state index in [2.05, 4.69) is 69.4 Å². The number of quaternary nitrogens is 1. The molecule has 0 aromatic heterocycles. The van der Waals surface area contributed by atoms with Crippen LogP contribution in [0.4, 0.5) is 0 Å². The van der Waals surface area contributed by atoms with Crippen LogP contribution >= 0.6 is 0 Å². The second-order valence-corrected chi connectivity index (χ2v) is 7.50. The van der Waals surface area contributed by atoms with Crippen molar-refractivity contribution in [3.8, 4) is 11.5 Å². The zero-order valence-electron chi connectivity index (χ0n) is 16.9. The van der Waals surface area contributed by atoms with Crippen molar-refractivity contribution >= 4 is 0 Å². The van der Waals surface area contributed by atoms with Gasteiger partial charge < -0.3 is 14.8 Å². The number of hydrogen-bond donors (Lipinski definition) is 1. The second kappa shape index (κ2) is 10.2. The van der Waals surface area contributed by atoms with Crippen LogP contribution in [0.1, 0.15) is 51.2 Å². The molecule has 0 aliphatic heterocycles. The Labute approximate surface area is 158 Å². The van der Waals surface area contributed by atoms with E-state index in [1.54, 1.807) is 7.11 Å². The molecule has 0 aliphatic carbocycles. The van der Waals surface area contributed by atoms with Gasteiger partial charge in [-0.1, -0.05) is 26.0 Å². The second-order valence-electron chi connectivity index (χ2n) is 7.50. The van der Waals surface area contributed by atoms with E-state index in [-0.39, 0.29) is 6.10 Å². The first kappa shape index (κ1) is 20.3. The van der Waals surface area contributed by atoms with Gasteiger partial charge in [0, 0.05) is 12.0 Å². The molecule has 2 N–H and O–H groups in total. The highest BCUT2D eigenvalue weighted by Crippen LogP contribution is 2.28. The largest absolute Gasteiger partial charge is 0.497 e. The van der Waals surface area contributed by atoms with Crippen molar-refractivity contribution in [2.45, 2.75) is 52.7 Å². The molecule has 1 atom stereocenters. The fourth-order valence-corrected chi connectivity index (χ4v) is 3.28. The molecule has 0 saturated carbocycles. The van der Waals surface area contributed by atoms with Crippen LogP contribution in [-0.2, 0) is 6.54 Å². The van der Waals surface area contributed by atoms with Crippen molar-refractivity contribution in [3.05, 3.63) is 59.7 Å². The topological polar surface area (TPSA) is 35.1 Å². The van der Waals surface area contributed by atoms with Crippen molar-refractivity contribution in [3.63, 3.8) is 0 Å². The van der Waals surface area contributed by atoms with Gasteiger partial charge in [0.2, 0.25) is 0 Å². The van der Waals surface area contributed by atoms with Crippen molar-refractivity contribution in [2.24, 2.45) is 5.92 Å². The van der Waals surface area contributed by atoms with E-state index in [9.17, 15) is 0 Å². The Morgan fingerprint density at radius 2 is 1.46 bits per heavy atom. The van der Waals surface area contributed by atoms with Gasteiger partial charge in [-0.05, 0) is 67.6 Å². The molecule has 0 bridgehead atoms. The Kier molecular flexibility index (Phi) is 7.99. The first-order valence-electron chi connectivity index (χ1n) is 9.70. The minimum absolute atomic E-state index is 0.217. The summed E-state index contributed by atoms with van der Waals surface area (Å²) in [5.74, 6) is 3.08. The van der Waals surface area contributed by atoms with E-state index in [1.165, 1.54) is 17.5 Å². The average molecular weight is 357 g/mol. The Hall–Kier alpha value is -2.00. The first-order chi connectivity index (χ1) is 12.5. The molecular formula is C23H34NO2+. The standard InChI is InChI=1S/C23H33NO2/c1-17(2)23(20-8-12-22(13-9-20)26-18(3)4)14-15-24-16-19-6-10-21(25-5)11-7-19/h6-13,17-18,23-24H,14-16H2,1-5H3/p+1/t23-/m0/s1. The van der Waals surface area contributed by atoms with Crippen molar-refractivity contribution in [1.82, 2.24) is 0 Å². The van der Waals surface area contributed by atoms with Crippen LogP contribution in [0.5, 0.6) is 11.5 Å². The molecule has 3 nitrogen and oxygen atoms in total. The number of methoxy groups -OCH3 is 1. The molecule has 0 amide bonds. The van der Waals surface area contributed by atoms with Crippen LogP contribution in [0.25, 0.3) is 0 Å². The normalized spacial score (nSPS) is 12.4. The van der Waals surface area contributed by atoms with Crippen LogP contribution in [0, 0.1) is 5.92 Å². The molecule has 2 aromatic rings. The molecule has 3 heteroatoms. The van der Waals surface area contributed by atoms with E-state index < -0.39 is 0 Å². The van der Waals surface area contributed by atoms with Gasteiger partial charge in [-0.3, -0.25) is 0 Å². The highest BCUT2D eigenvalue weighted by Gasteiger charge is 2.16. The smallest absolute Gasteiger partial charge is 0.119 e. The number of nitrogens with two attached hydrogens (primary N) is 1. The molecule has 0 unspecified atom stereocenters. The van der Waals surface area contributed by atoms with E-state index in [0.29, 0.717) is 11.8 Å². The molecule has 0 aliphatic rings. The summed E-state index contributed by atoms with van der Waals surface area (Å²) in [6.07, 6.45) is 1.40. The van der Waals surface area contributed by atoms with Gasteiger partial charge in [-0.2, -0.15) is 0 Å². The van der Waals surface area contributed by atoms with Gasteiger partial charge in [-0.15, -0.1) is 0 Å². The van der Waals surface area contributed by atoms with Crippen molar-refractivity contribution in [2.75, 3.05) is 13.7 Å². The summed E-state index contributed by atoms with van der Waals surface area (Å²) in [5, 5.41) is 2.40. The first-order valence-corrected chi connectivity index (χ1v) is 9.70. The van der Waals surface area contributed by atoms with Crippen molar-refractivity contribution < 1.29 is 14.8 Å². The van der Waals surface area contributed by atoms with Gasteiger partial charge in [0.15, 0.2) is 0 Å². The van der Waals surface area contributed by atoms with Crippen LogP contribution in [0.3, 0.4) is 0 Å². The number of rotatable bonds is 10.